The fraction of sp³-hybridized carbons (Fsp3) is 0.391. The van der Waals surface area contributed by atoms with Crippen molar-refractivity contribution in [2.45, 2.75) is 30.8 Å². The van der Waals surface area contributed by atoms with Crippen LogP contribution in [0.1, 0.15) is 17.5 Å². The van der Waals surface area contributed by atoms with Crippen LogP contribution < -0.4 is 10.5 Å². The molecule has 0 aliphatic carbocycles. The molecule has 2 heterocycles. The van der Waals surface area contributed by atoms with E-state index in [9.17, 15) is 13.2 Å². The molecule has 1 saturated heterocycles. The molecule has 1 amide bonds. The zero-order valence-corrected chi connectivity index (χ0v) is 20.2. The summed E-state index contributed by atoms with van der Waals surface area (Å²) >= 11 is 1.75. The minimum atomic E-state index is -3.69. The Balaban J connectivity index is 1.20. The molecular weight excluding hydrogens is 458 g/mol. The van der Waals surface area contributed by atoms with Gasteiger partial charge in [0.15, 0.2) is 0 Å². The van der Waals surface area contributed by atoms with E-state index in [-0.39, 0.29) is 16.8 Å². The predicted octanol–water partition coefficient (Wildman–Crippen LogP) is 1.81. The first-order valence-electron chi connectivity index (χ1n) is 11.0. The summed E-state index contributed by atoms with van der Waals surface area (Å²) in [5.74, 6) is 0.00998. The lowest BCUT2D eigenvalue weighted by atomic mass is 10.1. The van der Waals surface area contributed by atoms with Crippen LogP contribution in [-0.2, 0) is 27.8 Å². The summed E-state index contributed by atoms with van der Waals surface area (Å²) in [6.07, 6.45) is 0.624. The number of hydrogen-bond donors (Lipinski definition) is 2. The van der Waals surface area contributed by atoms with E-state index in [0.29, 0.717) is 13.0 Å². The second kappa shape index (κ2) is 10.3. The van der Waals surface area contributed by atoms with Gasteiger partial charge in [0.05, 0.1) is 27.7 Å². The Morgan fingerprint density at radius 2 is 1.82 bits per heavy atom. The number of piperazine rings is 1. The quantitative estimate of drug-likeness (QED) is 0.502. The smallest absolute Gasteiger partial charge is 0.238 e. The van der Waals surface area contributed by atoms with Gasteiger partial charge < -0.3 is 5.32 Å². The molecule has 4 rings (SSSR count). The molecule has 10 heteroatoms. The van der Waals surface area contributed by atoms with Crippen LogP contribution in [-0.4, -0.2) is 67.9 Å². The maximum absolute atomic E-state index is 12.6. The number of nitrogens with one attached hydrogen (secondary N) is 1. The molecule has 8 nitrogen and oxygen atoms in total. The lowest BCUT2D eigenvalue weighted by Crippen LogP contribution is -2.53. The summed E-state index contributed by atoms with van der Waals surface area (Å²) in [4.78, 5) is 22.0. The van der Waals surface area contributed by atoms with E-state index >= 15 is 0 Å². The molecule has 0 radical (unpaired) electrons. The second-order valence-corrected chi connectivity index (χ2v) is 11.0. The van der Waals surface area contributed by atoms with Gasteiger partial charge in [-0.1, -0.05) is 24.3 Å². The zero-order valence-electron chi connectivity index (χ0n) is 18.6. The third-order valence-corrected chi connectivity index (χ3v) is 7.95. The van der Waals surface area contributed by atoms with E-state index in [4.69, 9.17) is 10.1 Å². The Bertz CT molecular complexity index is 1170. The number of amides is 1. The van der Waals surface area contributed by atoms with Crippen LogP contribution in [0.3, 0.4) is 0 Å². The van der Waals surface area contributed by atoms with Gasteiger partial charge in [0.2, 0.25) is 15.9 Å². The first kappa shape index (κ1) is 23.8. The number of sulfonamides is 1. The minimum absolute atomic E-state index is 0.00998. The van der Waals surface area contributed by atoms with Crippen molar-refractivity contribution in [1.82, 2.24) is 20.1 Å². The monoisotopic (exact) mass is 487 g/mol. The first-order chi connectivity index (χ1) is 15.8. The molecule has 1 atom stereocenters. The summed E-state index contributed by atoms with van der Waals surface area (Å²) in [5.41, 5.74) is 2.00. The highest BCUT2D eigenvalue weighted by Gasteiger charge is 2.25. The third-order valence-electron chi connectivity index (χ3n) is 6.00. The van der Waals surface area contributed by atoms with Crippen molar-refractivity contribution in [3.05, 3.63) is 59.1 Å². The van der Waals surface area contributed by atoms with E-state index < -0.39 is 10.0 Å². The molecule has 1 aliphatic heterocycles. The van der Waals surface area contributed by atoms with Crippen LogP contribution in [0.25, 0.3) is 10.2 Å². The highest BCUT2D eigenvalue weighted by atomic mass is 32.2. The SMILES string of the molecule is C[C@@H](C(=O)NCCc1ccc(S(N)(=O)=O)cc1)N1CCN(Cc2nc3ccccc3s2)CC1. The van der Waals surface area contributed by atoms with Crippen molar-refractivity contribution in [3.63, 3.8) is 0 Å². The van der Waals surface area contributed by atoms with Crippen molar-refractivity contribution < 1.29 is 13.2 Å². The first-order valence-corrected chi connectivity index (χ1v) is 13.4. The maximum atomic E-state index is 12.6. The van der Waals surface area contributed by atoms with Gasteiger partial charge >= 0.3 is 0 Å². The Hall–Kier alpha value is -2.37. The summed E-state index contributed by atoms with van der Waals surface area (Å²) in [7, 11) is -3.69. The van der Waals surface area contributed by atoms with Crippen LogP contribution in [0.2, 0.25) is 0 Å². The standard InChI is InChI=1S/C23H29N5O3S2/c1-17(23(29)25-11-10-18-6-8-19(9-7-18)33(24,30)31)28-14-12-27(13-15-28)16-22-26-20-4-2-3-5-21(20)32-22/h2-9,17H,10-16H2,1H3,(H,25,29)(H2,24,30,31)/t17-/m0/s1. The van der Waals surface area contributed by atoms with Crippen LogP contribution in [0.5, 0.6) is 0 Å². The molecule has 2 aromatic carbocycles. The van der Waals surface area contributed by atoms with E-state index in [1.807, 2.05) is 25.1 Å². The van der Waals surface area contributed by atoms with E-state index in [1.165, 1.54) is 16.8 Å². The number of primary sulfonamides is 1. The number of nitrogens with two attached hydrogens (primary N) is 1. The second-order valence-electron chi connectivity index (χ2n) is 8.29. The van der Waals surface area contributed by atoms with Crippen LogP contribution >= 0.6 is 11.3 Å². The third kappa shape index (κ3) is 6.15. The number of carbonyl (C=O) groups is 1. The fourth-order valence-electron chi connectivity index (χ4n) is 3.98. The number of nitrogens with zero attached hydrogens (tertiary/aromatic N) is 3. The summed E-state index contributed by atoms with van der Waals surface area (Å²) in [5, 5.41) is 9.24. The molecule has 0 unspecified atom stereocenters. The normalized spacial score (nSPS) is 16.7. The Labute approximate surface area is 198 Å². The molecule has 3 aromatic rings. The Morgan fingerprint density at radius 3 is 2.48 bits per heavy atom. The largest absolute Gasteiger partial charge is 0.354 e. The van der Waals surface area contributed by atoms with E-state index in [1.54, 1.807) is 23.5 Å². The lowest BCUT2D eigenvalue weighted by molar-refractivity contribution is -0.126. The number of benzene rings is 2. The summed E-state index contributed by atoms with van der Waals surface area (Å²) < 4.78 is 23.9. The number of para-hydroxylation sites is 1. The molecular formula is C23H29N5O3S2. The highest BCUT2D eigenvalue weighted by Crippen LogP contribution is 2.23. The van der Waals surface area contributed by atoms with Gasteiger partial charge in [-0.25, -0.2) is 18.5 Å². The van der Waals surface area contributed by atoms with Gasteiger partial charge in [0.1, 0.15) is 5.01 Å². The van der Waals surface area contributed by atoms with Gasteiger partial charge in [-0.15, -0.1) is 11.3 Å². The maximum Gasteiger partial charge on any atom is 0.238 e. The van der Waals surface area contributed by atoms with Gasteiger partial charge in [0, 0.05) is 32.7 Å². The average molecular weight is 488 g/mol. The van der Waals surface area contributed by atoms with Gasteiger partial charge in [0.25, 0.3) is 0 Å². The number of rotatable bonds is 8. The topological polar surface area (TPSA) is 109 Å². The van der Waals surface area contributed by atoms with Crippen molar-refractivity contribution >= 4 is 37.5 Å². The van der Waals surface area contributed by atoms with Gasteiger partial charge in [-0.05, 0) is 43.2 Å². The number of fused-ring (bicyclic) bond motifs is 1. The number of aromatic nitrogens is 1. The van der Waals surface area contributed by atoms with Crippen molar-refractivity contribution in [1.29, 1.82) is 0 Å². The molecule has 3 N–H and O–H groups in total. The summed E-state index contributed by atoms with van der Waals surface area (Å²) in [6, 6.07) is 14.4. The molecule has 0 bridgehead atoms. The molecule has 0 spiro atoms. The Morgan fingerprint density at radius 1 is 1.12 bits per heavy atom. The lowest BCUT2D eigenvalue weighted by Gasteiger charge is -2.37. The molecule has 0 saturated carbocycles. The van der Waals surface area contributed by atoms with Crippen molar-refractivity contribution in [2.75, 3.05) is 32.7 Å². The fourth-order valence-corrected chi connectivity index (χ4v) is 5.50. The van der Waals surface area contributed by atoms with Crippen LogP contribution in [0.4, 0.5) is 0 Å². The van der Waals surface area contributed by atoms with Crippen molar-refractivity contribution in [3.8, 4) is 0 Å². The Kier molecular flexibility index (Phi) is 7.40. The molecule has 176 valence electrons. The molecule has 33 heavy (non-hydrogen) atoms. The summed E-state index contributed by atoms with van der Waals surface area (Å²) in [6.45, 7) is 6.78. The van der Waals surface area contributed by atoms with Gasteiger partial charge in [-0.2, -0.15) is 0 Å². The number of hydrogen-bond acceptors (Lipinski definition) is 7. The minimum Gasteiger partial charge on any atom is -0.354 e. The van der Waals surface area contributed by atoms with Gasteiger partial charge in [-0.3, -0.25) is 14.6 Å². The van der Waals surface area contributed by atoms with E-state index in [2.05, 4.69) is 21.2 Å². The number of thiazole rings is 1. The molecule has 1 aliphatic rings. The highest BCUT2D eigenvalue weighted by molar-refractivity contribution is 7.89. The van der Waals surface area contributed by atoms with Crippen LogP contribution in [0.15, 0.2) is 53.4 Å². The molecule has 1 fully saturated rings. The van der Waals surface area contributed by atoms with Crippen LogP contribution in [0, 0.1) is 0 Å². The van der Waals surface area contributed by atoms with E-state index in [0.717, 1.165) is 48.8 Å². The average Bonchev–Trinajstić information content (AvgIpc) is 3.21. The molecule has 1 aromatic heterocycles. The number of carbonyl (C=O) groups excluding carboxylic acids is 1. The predicted molar refractivity (Wildman–Crippen MR) is 130 cm³/mol. The van der Waals surface area contributed by atoms with Crippen molar-refractivity contribution in [2.24, 2.45) is 5.14 Å². The zero-order chi connectivity index (χ0) is 23.4.